The van der Waals surface area contributed by atoms with E-state index in [1.807, 2.05) is 30.3 Å². The summed E-state index contributed by atoms with van der Waals surface area (Å²) in [7, 11) is 0. The lowest BCUT2D eigenvalue weighted by Crippen LogP contribution is -2.37. The summed E-state index contributed by atoms with van der Waals surface area (Å²) in [5, 5.41) is 20.8. The highest BCUT2D eigenvalue weighted by molar-refractivity contribution is 5.18. The van der Waals surface area contributed by atoms with E-state index < -0.39 is 6.10 Å². The molecule has 0 amide bonds. The lowest BCUT2D eigenvalue weighted by atomic mass is 9.66. The summed E-state index contributed by atoms with van der Waals surface area (Å²) >= 11 is 0. The predicted molar refractivity (Wildman–Crippen MR) is 77.7 cm³/mol. The highest BCUT2D eigenvalue weighted by Crippen LogP contribution is 2.44. The van der Waals surface area contributed by atoms with Gasteiger partial charge in [-0.05, 0) is 36.2 Å². The first-order valence-electron chi connectivity index (χ1n) is 7.30. The number of benzene rings is 1. The molecule has 2 nitrogen and oxygen atoms in total. The van der Waals surface area contributed by atoms with E-state index in [1.165, 1.54) is 0 Å². The number of hydrogen-bond acceptors (Lipinski definition) is 2. The molecule has 0 saturated heterocycles. The van der Waals surface area contributed by atoms with Crippen molar-refractivity contribution in [2.45, 2.75) is 52.2 Å². The van der Waals surface area contributed by atoms with Crippen LogP contribution in [0.25, 0.3) is 0 Å². The second-order valence-electron chi connectivity index (χ2n) is 6.96. The Labute approximate surface area is 116 Å². The van der Waals surface area contributed by atoms with Crippen molar-refractivity contribution < 1.29 is 10.2 Å². The summed E-state index contributed by atoms with van der Waals surface area (Å²) in [6.45, 7) is 6.75. The third-order valence-electron chi connectivity index (χ3n) is 4.63. The van der Waals surface area contributed by atoms with Crippen LogP contribution in [-0.2, 0) is 0 Å². The van der Waals surface area contributed by atoms with Gasteiger partial charge in [-0.25, -0.2) is 0 Å². The van der Waals surface area contributed by atoms with Gasteiger partial charge in [0.2, 0.25) is 0 Å². The maximum Gasteiger partial charge on any atom is 0.0842 e. The Balaban J connectivity index is 2.13. The number of aliphatic hydroxyl groups is 2. The summed E-state index contributed by atoms with van der Waals surface area (Å²) in [4.78, 5) is 0. The van der Waals surface area contributed by atoms with Crippen LogP contribution in [0.5, 0.6) is 0 Å². The van der Waals surface area contributed by atoms with Crippen molar-refractivity contribution in [3.05, 3.63) is 35.9 Å². The molecule has 0 spiro atoms. The van der Waals surface area contributed by atoms with Crippen LogP contribution in [0.3, 0.4) is 0 Å². The molecule has 1 aromatic carbocycles. The maximum absolute atomic E-state index is 10.5. The zero-order chi connectivity index (χ0) is 14.0. The van der Waals surface area contributed by atoms with Crippen molar-refractivity contribution in [3.8, 4) is 0 Å². The smallest absolute Gasteiger partial charge is 0.0842 e. The highest BCUT2D eigenvalue weighted by Gasteiger charge is 2.38. The van der Waals surface area contributed by atoms with Gasteiger partial charge in [-0.3, -0.25) is 0 Å². The Morgan fingerprint density at radius 2 is 1.74 bits per heavy atom. The average molecular weight is 262 g/mol. The van der Waals surface area contributed by atoms with Gasteiger partial charge < -0.3 is 10.2 Å². The van der Waals surface area contributed by atoms with Crippen LogP contribution < -0.4 is 0 Å². The van der Waals surface area contributed by atoms with Gasteiger partial charge in [0.25, 0.3) is 0 Å². The van der Waals surface area contributed by atoms with E-state index in [0.717, 1.165) is 24.8 Å². The zero-order valence-corrected chi connectivity index (χ0v) is 12.2. The van der Waals surface area contributed by atoms with Crippen LogP contribution in [0.2, 0.25) is 0 Å². The van der Waals surface area contributed by atoms with Crippen molar-refractivity contribution in [1.82, 2.24) is 0 Å². The SMILES string of the molecule is CC(C)(C)C1CCC(O)C(C(O)c2ccccc2)C1. The molecular formula is C17H26O2. The Morgan fingerprint density at radius 1 is 1.11 bits per heavy atom. The minimum Gasteiger partial charge on any atom is -0.393 e. The molecule has 1 fully saturated rings. The van der Waals surface area contributed by atoms with Crippen LogP contribution in [0.4, 0.5) is 0 Å². The molecule has 2 heteroatoms. The summed E-state index contributed by atoms with van der Waals surface area (Å²) < 4.78 is 0. The minimum absolute atomic E-state index is 0.0413. The Bertz CT molecular complexity index is 393. The fourth-order valence-electron chi connectivity index (χ4n) is 3.21. The van der Waals surface area contributed by atoms with Crippen LogP contribution in [0.1, 0.15) is 51.7 Å². The molecule has 0 aromatic heterocycles. The van der Waals surface area contributed by atoms with Crippen LogP contribution >= 0.6 is 0 Å². The molecular weight excluding hydrogens is 236 g/mol. The molecule has 0 radical (unpaired) electrons. The molecule has 1 saturated carbocycles. The summed E-state index contributed by atoms with van der Waals surface area (Å²) in [5.74, 6) is 0.527. The Hall–Kier alpha value is -0.860. The first-order chi connectivity index (χ1) is 8.89. The fourth-order valence-corrected chi connectivity index (χ4v) is 3.21. The second-order valence-corrected chi connectivity index (χ2v) is 6.96. The van der Waals surface area contributed by atoms with E-state index in [9.17, 15) is 10.2 Å². The lowest BCUT2D eigenvalue weighted by Gasteiger charge is -2.41. The molecule has 19 heavy (non-hydrogen) atoms. The average Bonchev–Trinajstić information content (AvgIpc) is 2.38. The van der Waals surface area contributed by atoms with Crippen molar-refractivity contribution in [3.63, 3.8) is 0 Å². The van der Waals surface area contributed by atoms with E-state index in [4.69, 9.17) is 0 Å². The van der Waals surface area contributed by atoms with E-state index in [0.29, 0.717) is 5.92 Å². The molecule has 4 unspecified atom stereocenters. The van der Waals surface area contributed by atoms with Crippen molar-refractivity contribution in [2.24, 2.45) is 17.3 Å². The molecule has 4 atom stereocenters. The second kappa shape index (κ2) is 5.64. The van der Waals surface area contributed by atoms with Crippen LogP contribution in [0, 0.1) is 17.3 Å². The van der Waals surface area contributed by atoms with E-state index in [1.54, 1.807) is 0 Å². The highest BCUT2D eigenvalue weighted by atomic mass is 16.3. The van der Waals surface area contributed by atoms with Gasteiger partial charge in [0.05, 0.1) is 12.2 Å². The molecule has 0 heterocycles. The topological polar surface area (TPSA) is 40.5 Å². The molecule has 0 aliphatic heterocycles. The normalized spacial score (nSPS) is 30.1. The minimum atomic E-state index is -0.554. The van der Waals surface area contributed by atoms with Gasteiger partial charge in [-0.2, -0.15) is 0 Å². The van der Waals surface area contributed by atoms with Gasteiger partial charge in [0.1, 0.15) is 0 Å². The Kier molecular flexibility index (Phi) is 4.32. The first-order valence-corrected chi connectivity index (χ1v) is 7.30. The van der Waals surface area contributed by atoms with Crippen molar-refractivity contribution in [2.75, 3.05) is 0 Å². The largest absolute Gasteiger partial charge is 0.393 e. The summed E-state index contributed by atoms with van der Waals surface area (Å²) in [6.07, 6.45) is 1.83. The van der Waals surface area contributed by atoms with Gasteiger partial charge in [0.15, 0.2) is 0 Å². The third kappa shape index (κ3) is 3.37. The Morgan fingerprint density at radius 3 is 2.32 bits per heavy atom. The monoisotopic (exact) mass is 262 g/mol. The predicted octanol–water partition coefficient (Wildman–Crippen LogP) is 3.54. The van der Waals surface area contributed by atoms with E-state index >= 15 is 0 Å². The number of aliphatic hydroxyl groups excluding tert-OH is 2. The molecule has 2 rings (SSSR count). The molecule has 0 bridgehead atoms. The fraction of sp³-hybridized carbons (Fsp3) is 0.647. The third-order valence-corrected chi connectivity index (χ3v) is 4.63. The first kappa shape index (κ1) is 14.5. The lowest BCUT2D eigenvalue weighted by molar-refractivity contribution is -0.0445. The van der Waals surface area contributed by atoms with Crippen molar-refractivity contribution in [1.29, 1.82) is 0 Å². The molecule has 1 aliphatic carbocycles. The van der Waals surface area contributed by atoms with Gasteiger partial charge in [-0.15, -0.1) is 0 Å². The maximum atomic E-state index is 10.5. The standard InChI is InChI=1S/C17H26O2/c1-17(2,3)13-9-10-15(18)14(11-13)16(19)12-7-5-4-6-8-12/h4-8,13-16,18-19H,9-11H2,1-3H3. The van der Waals surface area contributed by atoms with Crippen molar-refractivity contribution >= 4 is 0 Å². The van der Waals surface area contributed by atoms with Gasteiger partial charge in [-0.1, -0.05) is 51.1 Å². The van der Waals surface area contributed by atoms with Crippen LogP contribution in [0.15, 0.2) is 30.3 Å². The zero-order valence-electron chi connectivity index (χ0n) is 12.2. The quantitative estimate of drug-likeness (QED) is 0.855. The summed E-state index contributed by atoms with van der Waals surface area (Å²) in [6, 6.07) is 9.71. The van der Waals surface area contributed by atoms with Gasteiger partial charge >= 0.3 is 0 Å². The molecule has 1 aliphatic rings. The van der Waals surface area contributed by atoms with E-state index in [-0.39, 0.29) is 17.4 Å². The van der Waals surface area contributed by atoms with E-state index in [2.05, 4.69) is 20.8 Å². The number of hydrogen-bond donors (Lipinski definition) is 2. The summed E-state index contributed by atoms with van der Waals surface area (Å²) in [5.41, 5.74) is 1.16. The van der Waals surface area contributed by atoms with Gasteiger partial charge in [0, 0.05) is 5.92 Å². The van der Waals surface area contributed by atoms with Crippen LogP contribution in [-0.4, -0.2) is 16.3 Å². The molecule has 1 aromatic rings. The molecule has 2 N–H and O–H groups in total. The number of rotatable bonds is 2. The molecule has 106 valence electrons.